The first-order chi connectivity index (χ1) is 16.1. The molecule has 0 amide bonds. The van der Waals surface area contributed by atoms with Crippen molar-refractivity contribution in [2.24, 2.45) is 0 Å². The van der Waals surface area contributed by atoms with Gasteiger partial charge >= 0.3 is 5.97 Å². The van der Waals surface area contributed by atoms with Gasteiger partial charge in [0.25, 0.3) is 0 Å². The number of para-hydroxylation sites is 2. The molecule has 1 N–H and O–H groups in total. The van der Waals surface area contributed by atoms with Gasteiger partial charge in [0.15, 0.2) is 0 Å². The number of fused-ring (bicyclic) bond motifs is 1. The minimum Gasteiger partial charge on any atom is -0.478 e. The number of benzene rings is 3. The number of hydrogen-bond donors (Lipinski definition) is 1. The second-order valence-corrected chi connectivity index (χ2v) is 8.20. The molecular formula is C27H25N3O3. The minimum absolute atomic E-state index is 0.297. The van der Waals surface area contributed by atoms with Crippen LogP contribution in [0.3, 0.4) is 0 Å². The highest BCUT2D eigenvalue weighted by molar-refractivity contribution is 5.87. The highest BCUT2D eigenvalue weighted by Crippen LogP contribution is 2.42. The van der Waals surface area contributed by atoms with Crippen LogP contribution in [0.5, 0.6) is 11.5 Å². The fourth-order valence-electron chi connectivity index (χ4n) is 4.38. The first kappa shape index (κ1) is 20.8. The maximum atomic E-state index is 11.2. The minimum atomic E-state index is -0.912. The van der Waals surface area contributed by atoms with Crippen molar-refractivity contribution >= 4 is 11.8 Å². The highest BCUT2D eigenvalue weighted by atomic mass is 16.5. The summed E-state index contributed by atoms with van der Waals surface area (Å²) >= 11 is 0. The van der Waals surface area contributed by atoms with Gasteiger partial charge in [0.05, 0.1) is 16.8 Å². The molecule has 0 unspecified atom stereocenters. The van der Waals surface area contributed by atoms with Crippen LogP contribution < -0.4 is 9.64 Å². The van der Waals surface area contributed by atoms with Gasteiger partial charge in [-0.15, -0.1) is 0 Å². The van der Waals surface area contributed by atoms with Crippen LogP contribution in [-0.2, 0) is 13.1 Å². The third-order valence-electron chi connectivity index (χ3n) is 5.90. The summed E-state index contributed by atoms with van der Waals surface area (Å²) in [6.07, 6.45) is 1.00. The number of aryl methyl sites for hydroxylation is 2. The number of carboxylic acids is 1. The molecule has 6 nitrogen and oxygen atoms in total. The quantitative estimate of drug-likeness (QED) is 0.414. The molecule has 4 aromatic rings. The van der Waals surface area contributed by atoms with Gasteiger partial charge in [-0.05, 0) is 49.2 Å². The molecule has 0 saturated carbocycles. The van der Waals surface area contributed by atoms with Crippen LogP contribution in [0.2, 0.25) is 0 Å². The topological polar surface area (TPSA) is 67.6 Å². The van der Waals surface area contributed by atoms with E-state index in [0.717, 1.165) is 59.2 Å². The van der Waals surface area contributed by atoms with Crippen LogP contribution in [0.4, 0.5) is 5.82 Å². The average molecular weight is 440 g/mol. The summed E-state index contributed by atoms with van der Waals surface area (Å²) in [4.78, 5) is 13.5. The van der Waals surface area contributed by atoms with Gasteiger partial charge in [-0.1, -0.05) is 48.5 Å². The van der Waals surface area contributed by atoms with Crippen molar-refractivity contribution < 1.29 is 14.6 Å². The molecule has 0 spiro atoms. The van der Waals surface area contributed by atoms with Crippen molar-refractivity contribution in [1.29, 1.82) is 0 Å². The van der Waals surface area contributed by atoms with Gasteiger partial charge in [-0.2, -0.15) is 5.10 Å². The molecule has 0 radical (unpaired) electrons. The van der Waals surface area contributed by atoms with Gasteiger partial charge in [0.1, 0.15) is 17.3 Å². The van der Waals surface area contributed by atoms with Gasteiger partial charge in [0, 0.05) is 25.2 Å². The van der Waals surface area contributed by atoms with Gasteiger partial charge in [-0.3, -0.25) is 0 Å². The zero-order valence-electron chi connectivity index (χ0n) is 18.4. The summed E-state index contributed by atoms with van der Waals surface area (Å²) < 4.78 is 8.34. The number of aromatic nitrogens is 2. The summed E-state index contributed by atoms with van der Waals surface area (Å²) in [6.45, 7) is 4.49. The Morgan fingerprint density at radius 3 is 2.45 bits per heavy atom. The van der Waals surface area contributed by atoms with Crippen LogP contribution in [0.25, 0.3) is 11.1 Å². The fourth-order valence-corrected chi connectivity index (χ4v) is 4.38. The fraction of sp³-hybridized carbons (Fsp3) is 0.185. The Morgan fingerprint density at radius 2 is 1.70 bits per heavy atom. The summed E-state index contributed by atoms with van der Waals surface area (Å²) in [6, 6.07) is 25.0. The molecule has 0 atom stereocenters. The second kappa shape index (κ2) is 8.82. The van der Waals surface area contributed by atoms with Crippen LogP contribution >= 0.6 is 0 Å². The molecule has 1 aromatic heterocycles. The number of hydrogen-bond acceptors (Lipinski definition) is 4. The Balaban J connectivity index is 1.53. The Labute approximate surface area is 192 Å². The maximum Gasteiger partial charge on any atom is 0.335 e. The maximum absolute atomic E-state index is 11.2. The normalized spacial score (nSPS) is 12.9. The van der Waals surface area contributed by atoms with Crippen molar-refractivity contribution in [3.8, 4) is 22.6 Å². The van der Waals surface area contributed by atoms with Gasteiger partial charge < -0.3 is 14.7 Å². The first-order valence-electron chi connectivity index (χ1n) is 11.1. The Bertz CT molecular complexity index is 1280. The predicted molar refractivity (Wildman–Crippen MR) is 128 cm³/mol. The van der Waals surface area contributed by atoms with E-state index in [1.165, 1.54) is 0 Å². The van der Waals surface area contributed by atoms with E-state index in [0.29, 0.717) is 12.1 Å². The predicted octanol–water partition coefficient (Wildman–Crippen LogP) is 5.76. The Hall–Kier alpha value is -4.06. The Morgan fingerprint density at radius 1 is 0.970 bits per heavy atom. The third kappa shape index (κ3) is 4.20. The zero-order valence-corrected chi connectivity index (χ0v) is 18.4. The lowest BCUT2D eigenvalue weighted by Gasteiger charge is -2.31. The smallest absolute Gasteiger partial charge is 0.335 e. The molecule has 5 rings (SSSR count). The highest BCUT2D eigenvalue weighted by Gasteiger charge is 2.27. The summed E-state index contributed by atoms with van der Waals surface area (Å²) in [5, 5.41) is 14.0. The first-order valence-corrected chi connectivity index (χ1v) is 11.1. The molecule has 0 bridgehead atoms. The number of rotatable bonds is 6. The van der Waals surface area contributed by atoms with E-state index in [1.807, 2.05) is 67.6 Å². The van der Waals surface area contributed by atoms with E-state index in [9.17, 15) is 9.90 Å². The van der Waals surface area contributed by atoms with Crippen molar-refractivity contribution in [2.75, 3.05) is 11.4 Å². The van der Waals surface area contributed by atoms with E-state index in [2.05, 4.69) is 15.6 Å². The van der Waals surface area contributed by atoms with E-state index >= 15 is 0 Å². The molecule has 33 heavy (non-hydrogen) atoms. The molecule has 3 aromatic carbocycles. The number of anilines is 1. The molecule has 0 fully saturated rings. The van der Waals surface area contributed by atoms with E-state index in [-0.39, 0.29) is 0 Å². The molecule has 2 heterocycles. The lowest BCUT2D eigenvalue weighted by Crippen LogP contribution is -2.32. The molecule has 166 valence electrons. The van der Waals surface area contributed by atoms with Crippen LogP contribution in [0.15, 0.2) is 78.9 Å². The largest absolute Gasteiger partial charge is 0.478 e. The second-order valence-electron chi connectivity index (χ2n) is 8.20. The lowest BCUT2D eigenvalue weighted by atomic mass is 10.0. The standard InChI is InChI=1S/C27H25N3O3/c1-19-25(23-10-5-6-11-24(23)33-22-8-3-2-4-9-22)26-29(16-7-17-30(26)28-19)18-20-12-14-21(15-13-20)27(31)32/h2-6,8-15H,7,16-18H2,1H3,(H,31,32). The van der Waals surface area contributed by atoms with E-state index in [1.54, 1.807) is 12.1 Å². The van der Waals surface area contributed by atoms with Gasteiger partial charge in [-0.25, -0.2) is 9.48 Å². The molecule has 1 aliphatic rings. The number of carbonyl (C=O) groups is 1. The molecule has 6 heteroatoms. The van der Waals surface area contributed by atoms with E-state index < -0.39 is 5.97 Å². The van der Waals surface area contributed by atoms with Crippen molar-refractivity contribution in [2.45, 2.75) is 26.4 Å². The average Bonchev–Trinajstić information content (AvgIpc) is 3.17. The lowest BCUT2D eigenvalue weighted by molar-refractivity contribution is 0.0697. The SMILES string of the molecule is Cc1nn2c(c1-c1ccccc1Oc1ccccc1)N(Cc1ccc(C(=O)O)cc1)CCC2. The van der Waals surface area contributed by atoms with Crippen LogP contribution in [0.1, 0.15) is 28.0 Å². The summed E-state index contributed by atoms with van der Waals surface area (Å²) in [5.41, 5.74) is 4.40. The number of carboxylic acid groups (broad SMARTS) is 1. The van der Waals surface area contributed by atoms with Crippen LogP contribution in [0, 0.1) is 6.92 Å². The third-order valence-corrected chi connectivity index (χ3v) is 5.90. The number of ether oxygens (including phenoxy) is 1. The van der Waals surface area contributed by atoms with Crippen molar-refractivity contribution in [3.63, 3.8) is 0 Å². The zero-order chi connectivity index (χ0) is 22.8. The van der Waals surface area contributed by atoms with Crippen molar-refractivity contribution in [1.82, 2.24) is 9.78 Å². The van der Waals surface area contributed by atoms with Crippen molar-refractivity contribution in [3.05, 3.63) is 95.7 Å². The monoisotopic (exact) mass is 439 g/mol. The number of nitrogens with zero attached hydrogens (tertiary/aromatic N) is 3. The van der Waals surface area contributed by atoms with Crippen LogP contribution in [-0.4, -0.2) is 27.4 Å². The van der Waals surface area contributed by atoms with Gasteiger partial charge in [0.2, 0.25) is 0 Å². The Kier molecular flexibility index (Phi) is 5.57. The van der Waals surface area contributed by atoms with E-state index in [4.69, 9.17) is 9.84 Å². The molecular weight excluding hydrogens is 414 g/mol. The number of aromatic carboxylic acids is 1. The summed E-state index contributed by atoms with van der Waals surface area (Å²) in [7, 11) is 0. The molecule has 0 aliphatic carbocycles. The summed E-state index contributed by atoms with van der Waals surface area (Å²) in [5.74, 6) is 1.74. The molecule has 1 aliphatic heterocycles. The molecule has 0 saturated heterocycles.